The summed E-state index contributed by atoms with van der Waals surface area (Å²) in [5, 5.41) is 14.8. The molecule has 0 unspecified atom stereocenters. The topological polar surface area (TPSA) is 95.6 Å². The number of alkyl halides is 1. The molecule has 9 heteroatoms. The highest BCUT2D eigenvalue weighted by Crippen LogP contribution is 2.36. The van der Waals surface area contributed by atoms with Gasteiger partial charge in [0.05, 0.1) is 23.4 Å². The molecule has 1 aromatic carbocycles. The van der Waals surface area contributed by atoms with Gasteiger partial charge in [0, 0.05) is 24.8 Å². The number of carbonyl (C=O) groups is 1. The van der Waals surface area contributed by atoms with Gasteiger partial charge in [-0.1, -0.05) is 0 Å². The molecule has 2 atom stereocenters. The van der Waals surface area contributed by atoms with Crippen LogP contribution in [0.2, 0.25) is 0 Å². The second kappa shape index (κ2) is 7.13. The summed E-state index contributed by atoms with van der Waals surface area (Å²) in [7, 11) is 1.82. The van der Waals surface area contributed by atoms with E-state index in [4.69, 9.17) is 5.26 Å². The quantitative estimate of drug-likeness (QED) is 0.646. The molecular formula is C20H18F2N6O. The molecule has 4 rings (SSSR count). The first-order chi connectivity index (χ1) is 13.9. The van der Waals surface area contributed by atoms with Gasteiger partial charge in [0.15, 0.2) is 0 Å². The first kappa shape index (κ1) is 18.8. The number of aryl methyl sites for hydroxylation is 2. The summed E-state index contributed by atoms with van der Waals surface area (Å²) >= 11 is 0. The number of nitrogens with zero attached hydrogens (tertiary/aromatic N) is 4. The Morgan fingerprint density at radius 3 is 2.83 bits per heavy atom. The lowest BCUT2D eigenvalue weighted by Gasteiger charge is -2.13. The number of amides is 1. The van der Waals surface area contributed by atoms with Gasteiger partial charge in [0.1, 0.15) is 23.5 Å². The zero-order valence-electron chi connectivity index (χ0n) is 15.8. The highest BCUT2D eigenvalue weighted by Gasteiger charge is 2.43. The number of hydrogen-bond acceptors (Lipinski definition) is 5. The van der Waals surface area contributed by atoms with Crippen LogP contribution in [-0.4, -0.2) is 26.6 Å². The van der Waals surface area contributed by atoms with E-state index in [2.05, 4.69) is 20.6 Å². The van der Waals surface area contributed by atoms with Crippen molar-refractivity contribution in [3.8, 4) is 6.07 Å². The molecule has 1 fully saturated rings. The number of aromatic nitrogens is 3. The molecule has 3 aromatic rings. The largest absolute Gasteiger partial charge is 0.381 e. The van der Waals surface area contributed by atoms with Crippen LogP contribution in [0.3, 0.4) is 0 Å². The van der Waals surface area contributed by atoms with Gasteiger partial charge in [-0.25, -0.2) is 14.4 Å². The molecule has 0 radical (unpaired) electrons. The summed E-state index contributed by atoms with van der Waals surface area (Å²) in [5.74, 6) is -1.70. The number of halogens is 2. The van der Waals surface area contributed by atoms with E-state index in [9.17, 15) is 13.6 Å². The van der Waals surface area contributed by atoms with E-state index in [1.165, 1.54) is 6.07 Å². The van der Waals surface area contributed by atoms with Crippen LogP contribution in [0.1, 0.15) is 23.2 Å². The average Bonchev–Trinajstić information content (AvgIpc) is 3.31. The molecule has 2 N–H and O–H groups in total. The second-order valence-electron chi connectivity index (χ2n) is 7.15. The van der Waals surface area contributed by atoms with E-state index in [-0.39, 0.29) is 24.6 Å². The first-order valence-corrected chi connectivity index (χ1v) is 9.07. The average molecular weight is 396 g/mol. The van der Waals surface area contributed by atoms with Crippen LogP contribution < -0.4 is 10.6 Å². The van der Waals surface area contributed by atoms with Crippen molar-refractivity contribution < 1.29 is 13.6 Å². The summed E-state index contributed by atoms with van der Waals surface area (Å²) in [4.78, 5) is 20.1. The molecule has 148 valence electrons. The van der Waals surface area contributed by atoms with E-state index in [1.54, 1.807) is 23.9 Å². The Morgan fingerprint density at radius 2 is 2.17 bits per heavy atom. The summed E-state index contributed by atoms with van der Waals surface area (Å²) in [6.45, 7) is 1.85. The maximum Gasteiger partial charge on any atom is 0.230 e. The third kappa shape index (κ3) is 3.61. The Morgan fingerprint density at radius 1 is 1.41 bits per heavy atom. The third-order valence-electron chi connectivity index (χ3n) is 5.02. The van der Waals surface area contributed by atoms with Gasteiger partial charge in [0.25, 0.3) is 0 Å². The second-order valence-corrected chi connectivity index (χ2v) is 7.15. The minimum Gasteiger partial charge on any atom is -0.381 e. The Kier molecular flexibility index (Phi) is 4.62. The summed E-state index contributed by atoms with van der Waals surface area (Å²) in [6, 6.07) is 6.87. The normalized spacial score (nSPS) is 17.8. The molecule has 7 nitrogen and oxygen atoms in total. The number of hydrogen-bond donors (Lipinski definition) is 2. The Balaban J connectivity index is 1.62. The van der Waals surface area contributed by atoms with Crippen LogP contribution in [0.15, 0.2) is 24.5 Å². The predicted molar refractivity (Wildman–Crippen MR) is 103 cm³/mol. The predicted octanol–water partition coefficient (Wildman–Crippen LogP) is 3.20. The van der Waals surface area contributed by atoms with E-state index in [0.29, 0.717) is 28.0 Å². The Bertz CT molecular complexity index is 1140. The van der Waals surface area contributed by atoms with Gasteiger partial charge in [-0.05, 0) is 37.1 Å². The van der Waals surface area contributed by atoms with Crippen molar-refractivity contribution in [2.24, 2.45) is 13.0 Å². The smallest absolute Gasteiger partial charge is 0.230 e. The number of carbonyl (C=O) groups excluding carboxylic acids is 1. The van der Waals surface area contributed by atoms with Crippen LogP contribution in [0.5, 0.6) is 0 Å². The van der Waals surface area contributed by atoms with Crippen LogP contribution in [-0.2, 0) is 18.4 Å². The maximum absolute atomic E-state index is 14.2. The van der Waals surface area contributed by atoms with Crippen LogP contribution in [0.4, 0.5) is 20.2 Å². The van der Waals surface area contributed by atoms with Gasteiger partial charge >= 0.3 is 0 Å². The van der Waals surface area contributed by atoms with Crippen molar-refractivity contribution in [1.82, 2.24) is 14.5 Å². The molecule has 1 aliphatic rings. The van der Waals surface area contributed by atoms with Crippen molar-refractivity contribution in [3.05, 3.63) is 47.3 Å². The van der Waals surface area contributed by atoms with Gasteiger partial charge in [0.2, 0.25) is 11.9 Å². The minimum absolute atomic E-state index is 0.0243. The lowest BCUT2D eigenvalue weighted by atomic mass is 10.1. The first-order valence-electron chi connectivity index (χ1n) is 9.07. The van der Waals surface area contributed by atoms with Crippen LogP contribution in [0.25, 0.3) is 11.0 Å². The highest BCUT2D eigenvalue weighted by molar-refractivity contribution is 6.03. The van der Waals surface area contributed by atoms with E-state index in [0.717, 1.165) is 5.52 Å². The van der Waals surface area contributed by atoms with Gasteiger partial charge in [-0.15, -0.1) is 0 Å². The zero-order valence-corrected chi connectivity index (χ0v) is 15.8. The maximum atomic E-state index is 14.2. The van der Waals surface area contributed by atoms with Crippen molar-refractivity contribution in [1.29, 1.82) is 5.26 Å². The number of pyridine rings is 1. The molecule has 0 spiro atoms. The number of nitriles is 1. The molecule has 0 aliphatic heterocycles. The van der Waals surface area contributed by atoms with Gasteiger partial charge < -0.3 is 15.2 Å². The number of imidazole rings is 1. The molecule has 0 saturated heterocycles. The summed E-state index contributed by atoms with van der Waals surface area (Å²) < 4.78 is 29.2. The number of fused-ring (bicyclic) bond motifs is 1. The molecule has 1 aliphatic carbocycles. The molecule has 1 saturated carbocycles. The summed E-state index contributed by atoms with van der Waals surface area (Å²) in [6.07, 6.45) is 0.762. The molecule has 1 amide bonds. The number of nitrogens with one attached hydrogen (secondary N) is 2. The molecule has 2 heterocycles. The number of rotatable bonds is 5. The third-order valence-corrected chi connectivity index (χ3v) is 5.02. The fraction of sp³-hybridized carbons (Fsp3) is 0.300. The molecule has 29 heavy (non-hydrogen) atoms. The lowest BCUT2D eigenvalue weighted by Crippen LogP contribution is -2.15. The number of anilines is 2. The molecule has 2 aromatic heterocycles. The van der Waals surface area contributed by atoms with Gasteiger partial charge in [-0.2, -0.15) is 9.65 Å². The SMILES string of the molecule is Cc1cc(C#N)nc(F)c1CNc1cc(NC(=O)[C@H]2C[C@H]2F)c2ncn(C)c2c1. The van der Waals surface area contributed by atoms with E-state index >= 15 is 0 Å². The lowest BCUT2D eigenvalue weighted by molar-refractivity contribution is -0.117. The van der Waals surface area contributed by atoms with Crippen molar-refractivity contribution >= 4 is 28.3 Å². The number of benzene rings is 1. The standard InChI is InChI=1S/C20H18F2N6O/c1-10-3-12(7-23)26-19(22)14(10)8-24-11-4-16(27-20(29)13-6-15(13)21)18-17(5-11)28(2)9-25-18/h3-5,9,13,15,24H,6,8H2,1-2H3,(H,27,29)/t13-,15+/m0/s1. The van der Waals surface area contributed by atoms with Crippen molar-refractivity contribution in [2.45, 2.75) is 26.1 Å². The van der Waals surface area contributed by atoms with Crippen LogP contribution in [0, 0.1) is 30.1 Å². The fourth-order valence-electron chi connectivity index (χ4n) is 3.21. The highest BCUT2D eigenvalue weighted by atomic mass is 19.1. The van der Waals surface area contributed by atoms with E-state index < -0.39 is 18.0 Å². The Hall–Kier alpha value is -3.54. The molecule has 0 bridgehead atoms. The zero-order chi connectivity index (χ0) is 20.7. The fourth-order valence-corrected chi connectivity index (χ4v) is 3.21. The monoisotopic (exact) mass is 396 g/mol. The Labute approximate surface area is 165 Å². The summed E-state index contributed by atoms with van der Waals surface area (Å²) in [5.41, 5.74) is 3.42. The van der Waals surface area contributed by atoms with Gasteiger partial charge in [-0.3, -0.25) is 4.79 Å². The van der Waals surface area contributed by atoms with Crippen molar-refractivity contribution in [2.75, 3.05) is 10.6 Å². The molecular weight excluding hydrogens is 378 g/mol. The minimum atomic E-state index is -1.09. The van der Waals surface area contributed by atoms with Crippen LogP contribution >= 0.6 is 0 Å². The van der Waals surface area contributed by atoms with E-state index in [1.807, 2.05) is 19.2 Å². The van der Waals surface area contributed by atoms with Crippen molar-refractivity contribution in [3.63, 3.8) is 0 Å².